The summed E-state index contributed by atoms with van der Waals surface area (Å²) in [7, 11) is 0. The Morgan fingerprint density at radius 2 is 1.76 bits per heavy atom. The van der Waals surface area contributed by atoms with E-state index in [0.717, 1.165) is 42.7 Å². The number of aromatic nitrogens is 3. The van der Waals surface area contributed by atoms with Gasteiger partial charge in [0.2, 0.25) is 5.82 Å². The Labute approximate surface area is 237 Å². The quantitative estimate of drug-likeness (QED) is 0.313. The zero-order valence-electron chi connectivity index (χ0n) is 23.4. The van der Waals surface area contributed by atoms with E-state index < -0.39 is 12.0 Å². The molecule has 1 unspecified atom stereocenters. The van der Waals surface area contributed by atoms with Gasteiger partial charge in [-0.05, 0) is 51.3 Å². The lowest BCUT2D eigenvalue weighted by atomic mass is 9.96. The Kier molecular flexibility index (Phi) is 9.16. The predicted octanol–water partition coefficient (Wildman–Crippen LogP) is 5.47. The lowest BCUT2D eigenvalue weighted by molar-refractivity contribution is -0.145. The summed E-state index contributed by atoms with van der Waals surface area (Å²) in [6.45, 7) is 8.11. The van der Waals surface area contributed by atoms with Crippen molar-refractivity contribution in [2.24, 2.45) is 0 Å². The van der Waals surface area contributed by atoms with Crippen molar-refractivity contribution in [2.45, 2.75) is 64.0 Å². The number of nitrogens with zero attached hydrogens (tertiary/aromatic N) is 5. The second kappa shape index (κ2) is 12.8. The summed E-state index contributed by atoms with van der Waals surface area (Å²) in [4.78, 5) is 29.9. The van der Waals surface area contributed by atoms with Crippen molar-refractivity contribution < 1.29 is 27.4 Å². The molecule has 3 aromatic rings. The maximum absolute atomic E-state index is 13.5. The fraction of sp³-hybridized carbons (Fsp3) is 0.533. The number of ether oxygens (including phenoxy) is 2. The largest absolute Gasteiger partial charge is 0.451 e. The number of halogens is 3. The Morgan fingerprint density at radius 1 is 1.05 bits per heavy atom. The summed E-state index contributed by atoms with van der Waals surface area (Å²) >= 11 is 0. The van der Waals surface area contributed by atoms with Gasteiger partial charge in [-0.25, -0.2) is 15.0 Å². The van der Waals surface area contributed by atoms with Gasteiger partial charge < -0.3 is 14.4 Å². The molecule has 2 saturated heterocycles. The third kappa shape index (κ3) is 7.20. The molecule has 4 heterocycles. The summed E-state index contributed by atoms with van der Waals surface area (Å²) in [5, 5.41) is 0.792. The van der Waals surface area contributed by atoms with Gasteiger partial charge in [0, 0.05) is 67.5 Å². The van der Waals surface area contributed by atoms with Crippen molar-refractivity contribution in [3.63, 3.8) is 0 Å². The van der Waals surface area contributed by atoms with E-state index in [0.29, 0.717) is 43.9 Å². The molecule has 8 nitrogen and oxygen atoms in total. The number of piperidine rings is 1. The molecule has 0 N–H and O–H groups in total. The normalized spacial score (nSPS) is 18.2. The minimum absolute atomic E-state index is 0.0390. The fourth-order valence-electron chi connectivity index (χ4n) is 5.68. The highest BCUT2D eigenvalue weighted by Crippen LogP contribution is 2.31. The number of carbonyl (C=O) groups is 1. The Morgan fingerprint density at radius 3 is 2.41 bits per heavy atom. The highest BCUT2D eigenvalue weighted by molar-refractivity contribution is 6.07. The number of pyridine rings is 1. The van der Waals surface area contributed by atoms with E-state index in [2.05, 4.69) is 33.6 Å². The van der Waals surface area contributed by atoms with Gasteiger partial charge in [0.25, 0.3) is 0 Å². The van der Waals surface area contributed by atoms with E-state index in [1.807, 2.05) is 30.3 Å². The van der Waals surface area contributed by atoms with Crippen LogP contribution >= 0.6 is 0 Å². The predicted molar refractivity (Wildman–Crippen MR) is 149 cm³/mol. The summed E-state index contributed by atoms with van der Waals surface area (Å²) in [6.07, 6.45) is 0.860. The van der Waals surface area contributed by atoms with Crippen LogP contribution in [0.3, 0.4) is 0 Å². The molecule has 0 aliphatic carbocycles. The molecule has 2 aromatic heterocycles. The Bertz CT molecular complexity index is 1320. The van der Waals surface area contributed by atoms with Crippen LogP contribution in [0.1, 0.15) is 67.3 Å². The molecular weight excluding hydrogens is 535 g/mol. The van der Waals surface area contributed by atoms with Crippen LogP contribution < -0.4 is 4.90 Å². The number of hydrogen-bond donors (Lipinski definition) is 0. The smallest absolute Gasteiger partial charge is 0.379 e. The average Bonchev–Trinajstić information content (AvgIpc) is 2.97. The number of morpholine rings is 1. The molecule has 2 fully saturated rings. The van der Waals surface area contributed by atoms with Gasteiger partial charge in [0.05, 0.1) is 30.9 Å². The van der Waals surface area contributed by atoms with Crippen LogP contribution in [0.5, 0.6) is 0 Å². The number of Topliss-reactive ketones (excluding diaryl/α,β-unsaturated/α-hetero) is 1. The number of hydrogen-bond acceptors (Lipinski definition) is 8. The van der Waals surface area contributed by atoms with Crippen molar-refractivity contribution in [3.8, 4) is 0 Å². The third-order valence-electron chi connectivity index (χ3n) is 7.69. The second-order valence-electron chi connectivity index (χ2n) is 10.9. The fourth-order valence-corrected chi connectivity index (χ4v) is 5.68. The average molecular weight is 572 g/mol. The van der Waals surface area contributed by atoms with E-state index >= 15 is 0 Å². The number of rotatable bonds is 9. The van der Waals surface area contributed by atoms with Gasteiger partial charge in [-0.15, -0.1) is 0 Å². The summed E-state index contributed by atoms with van der Waals surface area (Å²) < 4.78 is 50.5. The van der Waals surface area contributed by atoms with Gasteiger partial charge in [-0.2, -0.15) is 13.2 Å². The van der Waals surface area contributed by atoms with E-state index in [1.54, 1.807) is 0 Å². The van der Waals surface area contributed by atoms with Crippen molar-refractivity contribution in [1.82, 2.24) is 19.9 Å². The van der Waals surface area contributed by atoms with E-state index in [9.17, 15) is 18.0 Å². The SMILES string of the molecule is CC(C)OC1CCN(c2ccc3c(C(=O)CCC(c4cnc(C(F)(F)F)nc4)N4CCOCC4)cccc3n2)CC1. The molecule has 1 aromatic carbocycles. The first-order valence-corrected chi connectivity index (χ1v) is 14.2. The number of alkyl halides is 3. The first kappa shape index (κ1) is 29.3. The maximum Gasteiger partial charge on any atom is 0.451 e. The molecule has 220 valence electrons. The number of fused-ring (bicyclic) bond motifs is 1. The van der Waals surface area contributed by atoms with Gasteiger partial charge in [0.15, 0.2) is 5.78 Å². The molecule has 5 rings (SSSR count). The first-order valence-electron chi connectivity index (χ1n) is 14.2. The third-order valence-corrected chi connectivity index (χ3v) is 7.69. The van der Waals surface area contributed by atoms with Gasteiger partial charge in [-0.1, -0.05) is 12.1 Å². The van der Waals surface area contributed by atoms with Crippen molar-refractivity contribution in [3.05, 3.63) is 59.7 Å². The molecule has 2 aliphatic rings. The van der Waals surface area contributed by atoms with E-state index in [4.69, 9.17) is 14.5 Å². The van der Waals surface area contributed by atoms with Crippen LogP contribution in [0.15, 0.2) is 42.7 Å². The Balaban J connectivity index is 1.29. The Hall–Kier alpha value is -3.15. The topological polar surface area (TPSA) is 80.7 Å². The van der Waals surface area contributed by atoms with Crippen LogP contribution in [0.2, 0.25) is 0 Å². The summed E-state index contributed by atoms with van der Waals surface area (Å²) in [5.74, 6) is -0.323. The van der Waals surface area contributed by atoms with Crippen molar-refractivity contribution in [2.75, 3.05) is 44.3 Å². The number of carbonyl (C=O) groups excluding carboxylic acids is 1. The van der Waals surface area contributed by atoms with Crippen LogP contribution in [-0.4, -0.2) is 77.2 Å². The number of ketones is 1. The first-order chi connectivity index (χ1) is 19.7. The molecule has 41 heavy (non-hydrogen) atoms. The zero-order valence-corrected chi connectivity index (χ0v) is 23.4. The summed E-state index contributed by atoms with van der Waals surface area (Å²) in [6, 6.07) is 9.21. The number of benzene rings is 1. The molecular formula is C30H36F3N5O3. The lowest BCUT2D eigenvalue weighted by Gasteiger charge is -2.34. The molecule has 0 amide bonds. The zero-order chi connectivity index (χ0) is 29.0. The molecule has 11 heteroatoms. The molecule has 0 spiro atoms. The van der Waals surface area contributed by atoms with Crippen LogP contribution in [0.25, 0.3) is 10.9 Å². The van der Waals surface area contributed by atoms with Crippen molar-refractivity contribution >= 4 is 22.5 Å². The maximum atomic E-state index is 13.5. The van der Waals surface area contributed by atoms with E-state index in [1.165, 1.54) is 12.4 Å². The molecule has 0 saturated carbocycles. The van der Waals surface area contributed by atoms with E-state index in [-0.39, 0.29) is 30.5 Å². The highest BCUT2D eigenvalue weighted by Gasteiger charge is 2.35. The minimum Gasteiger partial charge on any atom is -0.379 e. The highest BCUT2D eigenvalue weighted by atomic mass is 19.4. The molecule has 0 bridgehead atoms. The van der Waals surface area contributed by atoms with Crippen molar-refractivity contribution in [1.29, 1.82) is 0 Å². The monoisotopic (exact) mass is 571 g/mol. The standard InChI is InChI=1S/C30H36F3N5O3/c1-20(2)41-22-10-12-38(13-11-22)28-9-6-23-24(4-3-5-25(23)36-28)27(39)8-7-26(37-14-16-40-17-15-37)21-18-34-29(35-19-21)30(31,32)33/h3-6,9,18-20,22,26H,7-8,10-17H2,1-2H3. The van der Waals surface area contributed by atoms with Crippen LogP contribution in [0, 0.1) is 0 Å². The van der Waals surface area contributed by atoms with Crippen LogP contribution in [0.4, 0.5) is 19.0 Å². The lowest BCUT2D eigenvalue weighted by Crippen LogP contribution is -2.39. The van der Waals surface area contributed by atoms with Crippen LogP contribution in [-0.2, 0) is 15.7 Å². The van der Waals surface area contributed by atoms with Gasteiger partial charge in [-0.3, -0.25) is 9.69 Å². The van der Waals surface area contributed by atoms with Gasteiger partial charge >= 0.3 is 6.18 Å². The molecule has 2 aliphatic heterocycles. The van der Waals surface area contributed by atoms with Gasteiger partial charge in [0.1, 0.15) is 5.82 Å². The molecule has 1 atom stereocenters. The number of anilines is 1. The second-order valence-corrected chi connectivity index (χ2v) is 10.9. The summed E-state index contributed by atoms with van der Waals surface area (Å²) in [5.41, 5.74) is 1.91. The minimum atomic E-state index is -4.61. The molecule has 0 radical (unpaired) electrons.